The highest BCUT2D eigenvalue weighted by Gasteiger charge is 2.19. The van der Waals surface area contributed by atoms with Crippen molar-refractivity contribution < 1.29 is 9.53 Å². The van der Waals surface area contributed by atoms with Gasteiger partial charge in [-0.2, -0.15) is 0 Å². The molecule has 2 aromatic rings. The molecule has 0 saturated heterocycles. The maximum absolute atomic E-state index is 11.5. The summed E-state index contributed by atoms with van der Waals surface area (Å²) in [5.74, 6) is 0.824. The van der Waals surface area contributed by atoms with Gasteiger partial charge in [-0.05, 0) is 30.2 Å². The zero-order chi connectivity index (χ0) is 14.8. The number of allylic oxidation sites excluding steroid dienone is 3. The van der Waals surface area contributed by atoms with E-state index >= 15 is 0 Å². The summed E-state index contributed by atoms with van der Waals surface area (Å²) in [4.78, 5) is 14.8. The first kappa shape index (κ1) is 13.4. The first-order valence-electron chi connectivity index (χ1n) is 6.93. The van der Waals surface area contributed by atoms with Crippen LogP contribution in [0.1, 0.15) is 32.9 Å². The van der Waals surface area contributed by atoms with E-state index in [-0.39, 0.29) is 0 Å². The molecule has 0 unspecified atom stereocenters. The number of rotatable bonds is 3. The molecule has 0 bridgehead atoms. The first-order chi connectivity index (χ1) is 10.2. The van der Waals surface area contributed by atoms with Crippen molar-refractivity contribution in [3.8, 4) is 5.75 Å². The lowest BCUT2D eigenvalue weighted by Gasteiger charge is -2.09. The molecule has 21 heavy (non-hydrogen) atoms. The van der Waals surface area contributed by atoms with Crippen LogP contribution >= 0.6 is 0 Å². The zero-order valence-corrected chi connectivity index (χ0v) is 12.1. The number of hydrogen-bond acceptors (Lipinski definition) is 2. The van der Waals surface area contributed by atoms with Gasteiger partial charge in [0.1, 0.15) is 5.75 Å². The smallest absolute Gasteiger partial charge is 0.152 e. The third-order valence-corrected chi connectivity index (χ3v) is 3.82. The van der Waals surface area contributed by atoms with Crippen LogP contribution in [0.15, 0.2) is 42.5 Å². The van der Waals surface area contributed by atoms with Crippen LogP contribution in [-0.2, 0) is 6.42 Å². The molecule has 3 rings (SSSR count). The lowest BCUT2D eigenvalue weighted by atomic mass is 9.94. The number of benzene rings is 1. The summed E-state index contributed by atoms with van der Waals surface area (Å²) in [6, 6.07) is 7.91. The van der Waals surface area contributed by atoms with Crippen molar-refractivity contribution in [1.29, 1.82) is 0 Å². The van der Waals surface area contributed by atoms with Gasteiger partial charge in [-0.15, -0.1) is 0 Å². The van der Waals surface area contributed by atoms with E-state index in [9.17, 15) is 4.79 Å². The Balaban J connectivity index is 2.16. The Morgan fingerprint density at radius 3 is 2.67 bits per heavy atom. The van der Waals surface area contributed by atoms with E-state index in [1.807, 2.05) is 37.3 Å². The summed E-state index contributed by atoms with van der Waals surface area (Å²) in [5, 5.41) is 0. The molecule has 3 heteroatoms. The Bertz CT molecular complexity index is 733. The fourth-order valence-corrected chi connectivity index (χ4v) is 2.76. The standard InChI is InChI=1S/C18H17NO2/c1-12-16(11-20)18-15(5-3-4-6-17(18)19-12)13-7-9-14(21-2)10-8-13/h3-5,7-11,19H,6H2,1-2H3. The number of hydrogen-bond donors (Lipinski definition) is 1. The Morgan fingerprint density at radius 1 is 1.24 bits per heavy atom. The summed E-state index contributed by atoms with van der Waals surface area (Å²) >= 11 is 0. The van der Waals surface area contributed by atoms with E-state index in [0.29, 0.717) is 0 Å². The third kappa shape index (κ3) is 2.31. The molecule has 0 saturated carbocycles. The van der Waals surface area contributed by atoms with Gasteiger partial charge in [-0.1, -0.05) is 30.4 Å². The van der Waals surface area contributed by atoms with Gasteiger partial charge in [0.2, 0.25) is 0 Å². The summed E-state index contributed by atoms with van der Waals surface area (Å²) in [5.41, 5.74) is 5.90. The van der Waals surface area contributed by atoms with Crippen molar-refractivity contribution in [2.75, 3.05) is 7.11 Å². The van der Waals surface area contributed by atoms with Gasteiger partial charge in [-0.25, -0.2) is 0 Å². The molecular formula is C18H17NO2. The summed E-state index contributed by atoms with van der Waals surface area (Å²) in [6.07, 6.45) is 7.94. The summed E-state index contributed by atoms with van der Waals surface area (Å²) in [6.45, 7) is 1.94. The average Bonchev–Trinajstić information content (AvgIpc) is 2.69. The fraction of sp³-hybridized carbons (Fsp3) is 0.167. The van der Waals surface area contributed by atoms with Crippen molar-refractivity contribution in [2.24, 2.45) is 0 Å². The van der Waals surface area contributed by atoms with Crippen LogP contribution in [0.5, 0.6) is 5.75 Å². The normalized spacial score (nSPS) is 13.3. The number of carbonyl (C=O) groups excluding carboxylic acids is 1. The largest absolute Gasteiger partial charge is 0.497 e. The lowest BCUT2D eigenvalue weighted by molar-refractivity contribution is 0.112. The second kappa shape index (κ2) is 5.44. The molecule has 0 atom stereocenters. The maximum atomic E-state index is 11.5. The van der Waals surface area contributed by atoms with Gasteiger partial charge < -0.3 is 9.72 Å². The summed E-state index contributed by atoms with van der Waals surface area (Å²) < 4.78 is 5.20. The van der Waals surface area contributed by atoms with E-state index in [1.54, 1.807) is 7.11 Å². The molecule has 1 aliphatic carbocycles. The Hall–Kier alpha value is -2.55. The summed E-state index contributed by atoms with van der Waals surface area (Å²) in [7, 11) is 1.65. The minimum Gasteiger partial charge on any atom is -0.497 e. The van der Waals surface area contributed by atoms with E-state index in [1.165, 1.54) is 0 Å². The second-order valence-electron chi connectivity index (χ2n) is 5.08. The molecule has 1 heterocycles. The van der Waals surface area contributed by atoms with Crippen molar-refractivity contribution in [3.63, 3.8) is 0 Å². The molecule has 1 aromatic heterocycles. The topological polar surface area (TPSA) is 42.1 Å². The highest BCUT2D eigenvalue weighted by Crippen LogP contribution is 2.33. The quantitative estimate of drug-likeness (QED) is 0.871. The van der Waals surface area contributed by atoms with Gasteiger partial charge >= 0.3 is 0 Å². The van der Waals surface area contributed by atoms with E-state index in [0.717, 1.165) is 52.1 Å². The molecule has 0 radical (unpaired) electrons. The predicted molar refractivity (Wildman–Crippen MR) is 83.8 cm³/mol. The number of ether oxygens (including phenoxy) is 1. The molecule has 1 N–H and O–H groups in total. The molecule has 3 nitrogen and oxygen atoms in total. The van der Waals surface area contributed by atoms with E-state index in [2.05, 4.69) is 17.1 Å². The number of aldehydes is 1. The number of aryl methyl sites for hydroxylation is 1. The Kier molecular flexibility index (Phi) is 3.48. The minimum absolute atomic E-state index is 0.746. The molecule has 0 amide bonds. The van der Waals surface area contributed by atoms with Gasteiger partial charge in [0.25, 0.3) is 0 Å². The van der Waals surface area contributed by atoms with Crippen LogP contribution in [0.2, 0.25) is 0 Å². The number of aromatic amines is 1. The van der Waals surface area contributed by atoms with Gasteiger partial charge in [0.15, 0.2) is 6.29 Å². The monoisotopic (exact) mass is 279 g/mol. The minimum atomic E-state index is 0.746. The molecule has 1 aromatic carbocycles. The van der Waals surface area contributed by atoms with Gasteiger partial charge in [0.05, 0.1) is 7.11 Å². The van der Waals surface area contributed by atoms with Crippen LogP contribution in [0.3, 0.4) is 0 Å². The van der Waals surface area contributed by atoms with E-state index < -0.39 is 0 Å². The number of aromatic nitrogens is 1. The van der Waals surface area contributed by atoms with Crippen molar-refractivity contribution in [2.45, 2.75) is 13.3 Å². The van der Waals surface area contributed by atoms with Crippen molar-refractivity contribution >= 4 is 11.9 Å². The number of carbonyl (C=O) groups is 1. The first-order valence-corrected chi connectivity index (χ1v) is 6.93. The Labute approximate surface area is 124 Å². The molecule has 0 spiro atoms. The van der Waals surface area contributed by atoms with Crippen LogP contribution in [0.25, 0.3) is 5.57 Å². The number of methoxy groups -OCH3 is 1. The second-order valence-corrected chi connectivity index (χ2v) is 5.08. The molecule has 0 aliphatic heterocycles. The third-order valence-electron chi connectivity index (χ3n) is 3.82. The number of fused-ring (bicyclic) bond motifs is 1. The van der Waals surface area contributed by atoms with Gasteiger partial charge in [-0.3, -0.25) is 4.79 Å². The molecule has 106 valence electrons. The molecular weight excluding hydrogens is 262 g/mol. The van der Waals surface area contributed by atoms with Crippen LogP contribution in [0.4, 0.5) is 0 Å². The van der Waals surface area contributed by atoms with Crippen molar-refractivity contribution in [1.82, 2.24) is 4.98 Å². The van der Waals surface area contributed by atoms with Crippen LogP contribution in [0, 0.1) is 6.92 Å². The molecule has 1 aliphatic rings. The maximum Gasteiger partial charge on any atom is 0.152 e. The average molecular weight is 279 g/mol. The zero-order valence-electron chi connectivity index (χ0n) is 12.1. The predicted octanol–water partition coefficient (Wildman–Crippen LogP) is 3.69. The number of nitrogens with one attached hydrogen (secondary N) is 1. The Morgan fingerprint density at radius 2 is 2.00 bits per heavy atom. The molecule has 0 fully saturated rings. The highest BCUT2D eigenvalue weighted by atomic mass is 16.5. The number of H-pyrrole nitrogens is 1. The van der Waals surface area contributed by atoms with E-state index in [4.69, 9.17) is 4.74 Å². The SMILES string of the molecule is COc1ccc(C2=CC=CCc3[nH]c(C)c(C=O)c32)cc1. The van der Waals surface area contributed by atoms with Gasteiger partial charge in [0, 0.05) is 28.9 Å². The lowest BCUT2D eigenvalue weighted by Crippen LogP contribution is -1.95. The van der Waals surface area contributed by atoms with Crippen LogP contribution < -0.4 is 4.74 Å². The van der Waals surface area contributed by atoms with Crippen LogP contribution in [-0.4, -0.2) is 18.4 Å². The fourth-order valence-electron chi connectivity index (χ4n) is 2.76. The highest BCUT2D eigenvalue weighted by molar-refractivity contribution is 5.94. The van der Waals surface area contributed by atoms with Crippen molar-refractivity contribution in [3.05, 3.63) is 70.6 Å².